The Morgan fingerprint density at radius 2 is 2.23 bits per heavy atom. The van der Waals surface area contributed by atoms with E-state index in [4.69, 9.17) is 11.6 Å². The van der Waals surface area contributed by atoms with E-state index >= 15 is 0 Å². The van der Waals surface area contributed by atoms with Crippen molar-refractivity contribution in [3.63, 3.8) is 0 Å². The summed E-state index contributed by atoms with van der Waals surface area (Å²) in [7, 11) is 0. The molecule has 1 aromatic carbocycles. The second kappa shape index (κ2) is 6.46. The summed E-state index contributed by atoms with van der Waals surface area (Å²) < 4.78 is 0. The van der Waals surface area contributed by atoms with Gasteiger partial charge in [-0.1, -0.05) is 23.7 Å². The first-order valence-electron chi connectivity index (χ1n) is 6.90. The summed E-state index contributed by atoms with van der Waals surface area (Å²) in [6.07, 6.45) is 3.00. The lowest BCUT2D eigenvalue weighted by Gasteiger charge is -2.26. The summed E-state index contributed by atoms with van der Waals surface area (Å²) in [5.74, 6) is -0.186. The molecule has 0 bridgehead atoms. The van der Waals surface area contributed by atoms with Crippen molar-refractivity contribution in [1.29, 1.82) is 0 Å². The molecule has 1 aliphatic heterocycles. The Bertz CT molecular complexity index is 690. The number of amides is 2. The standard InChI is InChI=1S/C15H14ClN3O2S/c16-12-5-2-1-4-11(12)14(21)19(15-17-7-9-22-15)10-18-8-3-6-13(18)20/h1-2,4-5,7,9H,3,6,8,10H2. The summed E-state index contributed by atoms with van der Waals surface area (Å²) in [5.41, 5.74) is 0.408. The Morgan fingerprint density at radius 3 is 2.86 bits per heavy atom. The van der Waals surface area contributed by atoms with Crippen molar-refractivity contribution in [2.75, 3.05) is 18.1 Å². The molecule has 0 N–H and O–H groups in total. The second-order valence-corrected chi connectivity index (χ2v) is 6.21. The van der Waals surface area contributed by atoms with E-state index in [0.717, 1.165) is 6.42 Å². The first kappa shape index (κ1) is 15.0. The maximum absolute atomic E-state index is 12.8. The molecule has 0 aliphatic carbocycles. The number of rotatable bonds is 4. The van der Waals surface area contributed by atoms with Crippen LogP contribution in [0.15, 0.2) is 35.8 Å². The van der Waals surface area contributed by atoms with Crippen LogP contribution in [-0.2, 0) is 4.79 Å². The zero-order chi connectivity index (χ0) is 15.5. The smallest absolute Gasteiger partial charge is 0.263 e. The van der Waals surface area contributed by atoms with E-state index < -0.39 is 0 Å². The van der Waals surface area contributed by atoms with Gasteiger partial charge in [0.1, 0.15) is 6.67 Å². The first-order chi connectivity index (χ1) is 10.7. The Hall–Kier alpha value is -1.92. The van der Waals surface area contributed by atoms with E-state index in [-0.39, 0.29) is 18.5 Å². The van der Waals surface area contributed by atoms with Crippen molar-refractivity contribution < 1.29 is 9.59 Å². The van der Waals surface area contributed by atoms with Crippen molar-refractivity contribution in [1.82, 2.24) is 9.88 Å². The molecule has 1 saturated heterocycles. The topological polar surface area (TPSA) is 53.5 Å². The highest BCUT2D eigenvalue weighted by molar-refractivity contribution is 7.13. The zero-order valence-corrected chi connectivity index (χ0v) is 13.3. The quantitative estimate of drug-likeness (QED) is 0.863. The predicted octanol–water partition coefficient (Wildman–Crippen LogP) is 3.02. The Kier molecular flexibility index (Phi) is 4.40. The van der Waals surface area contributed by atoms with Gasteiger partial charge in [0.2, 0.25) is 5.91 Å². The van der Waals surface area contributed by atoms with Crippen molar-refractivity contribution in [2.24, 2.45) is 0 Å². The predicted molar refractivity (Wildman–Crippen MR) is 86.2 cm³/mol. The Balaban J connectivity index is 1.90. The molecule has 2 amide bonds. The molecular weight excluding hydrogens is 322 g/mol. The van der Waals surface area contributed by atoms with E-state index in [2.05, 4.69) is 4.98 Å². The van der Waals surface area contributed by atoms with Gasteiger partial charge in [-0.2, -0.15) is 0 Å². The van der Waals surface area contributed by atoms with Crippen LogP contribution in [0, 0.1) is 0 Å². The lowest BCUT2D eigenvalue weighted by Crippen LogP contribution is -2.42. The molecule has 5 nitrogen and oxygen atoms in total. The number of halogens is 1. The van der Waals surface area contributed by atoms with Crippen LogP contribution in [0.25, 0.3) is 0 Å². The summed E-state index contributed by atoms with van der Waals surface area (Å²) in [6.45, 7) is 0.868. The molecule has 0 saturated carbocycles. The van der Waals surface area contributed by atoms with E-state index in [1.54, 1.807) is 40.7 Å². The van der Waals surface area contributed by atoms with E-state index in [1.807, 2.05) is 0 Å². The lowest BCUT2D eigenvalue weighted by atomic mass is 10.2. The number of thiazole rings is 1. The van der Waals surface area contributed by atoms with Gasteiger partial charge in [0, 0.05) is 24.5 Å². The largest absolute Gasteiger partial charge is 0.324 e. The molecule has 1 aliphatic rings. The number of hydrogen-bond acceptors (Lipinski definition) is 4. The fraction of sp³-hybridized carbons (Fsp3) is 0.267. The number of anilines is 1. The molecular formula is C15H14ClN3O2S. The lowest BCUT2D eigenvalue weighted by molar-refractivity contribution is -0.127. The second-order valence-electron chi connectivity index (χ2n) is 4.93. The molecule has 7 heteroatoms. The molecule has 0 unspecified atom stereocenters. The first-order valence-corrected chi connectivity index (χ1v) is 8.16. The molecule has 1 aromatic heterocycles. The van der Waals surface area contributed by atoms with Crippen LogP contribution in [-0.4, -0.2) is 34.9 Å². The molecule has 0 spiro atoms. The average Bonchev–Trinajstić information content (AvgIpc) is 3.16. The van der Waals surface area contributed by atoms with Crippen molar-refractivity contribution in [3.8, 4) is 0 Å². The van der Waals surface area contributed by atoms with Gasteiger partial charge in [-0.15, -0.1) is 11.3 Å². The van der Waals surface area contributed by atoms with E-state index in [0.29, 0.717) is 28.7 Å². The summed E-state index contributed by atoms with van der Waals surface area (Å²) in [5, 5.41) is 2.75. The summed E-state index contributed by atoms with van der Waals surface area (Å²) in [4.78, 5) is 32.1. The fourth-order valence-corrected chi connectivity index (χ4v) is 3.21. The number of hydrogen-bond donors (Lipinski definition) is 0. The highest BCUT2D eigenvalue weighted by Gasteiger charge is 2.28. The maximum Gasteiger partial charge on any atom is 0.263 e. The molecule has 1 fully saturated rings. The van der Waals surface area contributed by atoms with Gasteiger partial charge in [-0.3, -0.25) is 14.5 Å². The number of benzene rings is 1. The monoisotopic (exact) mass is 335 g/mol. The number of carbonyl (C=O) groups is 2. The minimum Gasteiger partial charge on any atom is -0.324 e. The van der Waals surface area contributed by atoms with Gasteiger partial charge in [0.25, 0.3) is 5.91 Å². The third-order valence-electron chi connectivity index (χ3n) is 3.48. The molecule has 0 atom stereocenters. The molecule has 0 radical (unpaired) electrons. The number of likely N-dealkylation sites (tertiary alicyclic amines) is 1. The van der Waals surface area contributed by atoms with Gasteiger partial charge in [-0.25, -0.2) is 4.98 Å². The van der Waals surface area contributed by atoms with Gasteiger partial charge < -0.3 is 4.90 Å². The van der Waals surface area contributed by atoms with Crippen molar-refractivity contribution in [2.45, 2.75) is 12.8 Å². The van der Waals surface area contributed by atoms with E-state index in [1.165, 1.54) is 16.2 Å². The minimum absolute atomic E-state index is 0.0634. The number of aromatic nitrogens is 1. The molecule has 22 heavy (non-hydrogen) atoms. The number of nitrogens with zero attached hydrogens (tertiary/aromatic N) is 3. The third kappa shape index (κ3) is 2.98. The van der Waals surface area contributed by atoms with E-state index in [9.17, 15) is 9.59 Å². The summed E-state index contributed by atoms with van der Waals surface area (Å²) >= 11 is 7.48. The van der Waals surface area contributed by atoms with Gasteiger partial charge >= 0.3 is 0 Å². The number of carbonyl (C=O) groups excluding carboxylic acids is 2. The Labute approximate surface area is 137 Å². The van der Waals surface area contributed by atoms with Crippen LogP contribution in [0.3, 0.4) is 0 Å². The molecule has 2 aromatic rings. The van der Waals surface area contributed by atoms with Crippen molar-refractivity contribution in [3.05, 3.63) is 46.4 Å². The maximum atomic E-state index is 12.8. The van der Waals surface area contributed by atoms with Crippen LogP contribution in [0.4, 0.5) is 5.13 Å². The van der Waals surface area contributed by atoms with Crippen LogP contribution >= 0.6 is 22.9 Å². The van der Waals surface area contributed by atoms with Crippen LogP contribution in [0.5, 0.6) is 0 Å². The van der Waals surface area contributed by atoms with Crippen LogP contribution < -0.4 is 4.90 Å². The molecule has 2 heterocycles. The fourth-order valence-electron chi connectivity index (χ4n) is 2.37. The van der Waals surface area contributed by atoms with Gasteiger partial charge in [-0.05, 0) is 18.6 Å². The highest BCUT2D eigenvalue weighted by Crippen LogP contribution is 2.24. The SMILES string of the molecule is O=C1CCCN1CN(C(=O)c1ccccc1Cl)c1nccs1. The third-order valence-corrected chi connectivity index (χ3v) is 4.61. The molecule has 114 valence electrons. The van der Waals surface area contributed by atoms with Crippen molar-refractivity contribution >= 4 is 39.9 Å². The van der Waals surface area contributed by atoms with Crippen LogP contribution in [0.2, 0.25) is 5.02 Å². The van der Waals surface area contributed by atoms with Gasteiger partial charge in [0.15, 0.2) is 5.13 Å². The zero-order valence-electron chi connectivity index (χ0n) is 11.7. The normalized spacial score (nSPS) is 14.4. The minimum atomic E-state index is -0.250. The van der Waals surface area contributed by atoms with Gasteiger partial charge in [0.05, 0.1) is 10.6 Å². The highest BCUT2D eigenvalue weighted by atomic mass is 35.5. The summed E-state index contributed by atoms with van der Waals surface area (Å²) in [6, 6.07) is 6.89. The van der Waals surface area contributed by atoms with Crippen LogP contribution in [0.1, 0.15) is 23.2 Å². The Morgan fingerprint density at radius 1 is 1.41 bits per heavy atom. The average molecular weight is 336 g/mol. The molecule has 3 rings (SSSR count).